The number of halogens is 2. The number of rotatable bonds is 9. The smallest absolute Gasteiger partial charge is 0.276 e. The van der Waals surface area contributed by atoms with E-state index in [1.807, 2.05) is 12.1 Å². The number of aldehydes is 1. The SMILES string of the molecule is C=N/C(=C(C=O)\C(=C/C)c1cc(Nc2ccc(N3CCN(C4COC4)C[C@@H]3C)cn2)c(=O)n(C)c1)N1CCn2c(cc3c2CC(F)(F)CC3)C1=O. The number of nitrogens with zero attached hydrogens (tertiary/aromatic N) is 7. The molecule has 3 aromatic rings. The number of hydrogen-bond acceptors (Lipinski definition) is 9. The number of aliphatic imine (C=N–C) groups is 1. The van der Waals surface area contributed by atoms with Gasteiger partial charge in [0.1, 0.15) is 23.0 Å². The minimum atomic E-state index is -2.81. The summed E-state index contributed by atoms with van der Waals surface area (Å²) in [6, 6.07) is 7.95. The first-order valence-electron chi connectivity index (χ1n) is 17.3. The molecule has 3 aromatic heterocycles. The molecule has 4 aliphatic rings. The number of pyridine rings is 2. The van der Waals surface area contributed by atoms with E-state index < -0.39 is 18.3 Å². The molecule has 1 amide bonds. The van der Waals surface area contributed by atoms with E-state index in [1.54, 1.807) is 49.1 Å². The molecule has 0 unspecified atom stereocenters. The number of anilines is 3. The van der Waals surface area contributed by atoms with E-state index in [4.69, 9.17) is 4.74 Å². The summed E-state index contributed by atoms with van der Waals surface area (Å²) in [5.41, 5.74) is 3.51. The highest BCUT2D eigenvalue weighted by Crippen LogP contribution is 2.37. The fraction of sp³-hybridized carbons (Fsp3) is 0.432. The third-order valence-electron chi connectivity index (χ3n) is 10.5. The number of ether oxygens (including phenoxy) is 1. The lowest BCUT2D eigenvalue weighted by Gasteiger charge is -2.46. The standard InChI is InChI=1S/C37H42F2N8O4/c1-5-28(29(20-48)34(40-3)47-13-12-46-31(36(47)50)15-24-8-9-37(38,39)16-32(24)46)25-14-30(35(49)43(4)19-25)42-33-7-6-26(17-41-33)45-11-10-44(18-23(45)2)27-21-51-22-27/h5-7,14-15,17,19-20,23,27H,3,8-13,16,18,21-22H2,1-2,4H3,(H,41,42)/b28-5-,34-29+/t23-/m0/s1. The van der Waals surface area contributed by atoms with E-state index in [-0.39, 0.29) is 54.3 Å². The van der Waals surface area contributed by atoms with Gasteiger partial charge in [-0.15, -0.1) is 0 Å². The Labute approximate surface area is 294 Å². The van der Waals surface area contributed by atoms with Crippen LogP contribution < -0.4 is 15.8 Å². The van der Waals surface area contributed by atoms with Crippen molar-refractivity contribution in [2.45, 2.75) is 57.7 Å². The summed E-state index contributed by atoms with van der Waals surface area (Å²) in [4.78, 5) is 54.8. The van der Waals surface area contributed by atoms with E-state index in [2.05, 4.69) is 38.7 Å². The Morgan fingerprint density at radius 3 is 2.61 bits per heavy atom. The highest BCUT2D eigenvalue weighted by molar-refractivity contribution is 6.02. The molecule has 1 aliphatic carbocycles. The van der Waals surface area contributed by atoms with Crippen LogP contribution in [0.2, 0.25) is 0 Å². The van der Waals surface area contributed by atoms with Gasteiger partial charge in [0, 0.05) is 69.7 Å². The van der Waals surface area contributed by atoms with Crippen LogP contribution in [0.25, 0.3) is 5.57 Å². The Bertz CT molecular complexity index is 2000. The molecule has 6 heterocycles. The van der Waals surface area contributed by atoms with Crippen LogP contribution in [-0.4, -0.2) is 100 Å². The number of carbonyl (C=O) groups is 2. The molecule has 2 saturated heterocycles. The molecule has 0 saturated carbocycles. The van der Waals surface area contributed by atoms with Crippen LogP contribution in [0.15, 0.2) is 63.9 Å². The minimum Gasteiger partial charge on any atom is -0.378 e. The maximum absolute atomic E-state index is 14.3. The van der Waals surface area contributed by atoms with Crippen molar-refractivity contribution in [2.24, 2.45) is 12.0 Å². The summed E-state index contributed by atoms with van der Waals surface area (Å²) in [6.07, 6.45) is 5.26. The van der Waals surface area contributed by atoms with Crippen LogP contribution in [0.5, 0.6) is 0 Å². The zero-order chi connectivity index (χ0) is 36.0. The molecule has 268 valence electrons. The molecule has 0 radical (unpaired) electrons. The molecule has 0 bridgehead atoms. The van der Waals surface area contributed by atoms with E-state index in [9.17, 15) is 23.2 Å². The summed E-state index contributed by atoms with van der Waals surface area (Å²) in [7, 11) is 1.61. The molecule has 12 nitrogen and oxygen atoms in total. The third-order valence-corrected chi connectivity index (χ3v) is 10.5. The minimum absolute atomic E-state index is 0.0514. The van der Waals surface area contributed by atoms with Crippen LogP contribution in [0.1, 0.15) is 47.6 Å². The lowest BCUT2D eigenvalue weighted by molar-refractivity contribution is -0.104. The number of fused-ring (bicyclic) bond motifs is 3. The molecule has 3 aliphatic heterocycles. The van der Waals surface area contributed by atoms with Gasteiger partial charge < -0.3 is 24.1 Å². The molecule has 0 spiro atoms. The van der Waals surface area contributed by atoms with E-state index in [1.165, 1.54) is 9.47 Å². The van der Waals surface area contributed by atoms with Crippen molar-refractivity contribution < 1.29 is 23.1 Å². The number of hydrogen-bond donors (Lipinski definition) is 1. The molecule has 2 fully saturated rings. The van der Waals surface area contributed by atoms with E-state index in [0.29, 0.717) is 41.0 Å². The fourth-order valence-corrected chi connectivity index (χ4v) is 7.68. The van der Waals surface area contributed by atoms with Crippen molar-refractivity contribution in [1.82, 2.24) is 23.9 Å². The average molecular weight is 701 g/mol. The van der Waals surface area contributed by atoms with E-state index in [0.717, 1.165) is 44.1 Å². The lowest BCUT2D eigenvalue weighted by atomic mass is 9.94. The molecular weight excluding hydrogens is 658 g/mol. The Balaban J connectivity index is 1.13. The Kier molecular flexibility index (Phi) is 9.23. The monoisotopic (exact) mass is 700 g/mol. The molecule has 0 aromatic carbocycles. The summed E-state index contributed by atoms with van der Waals surface area (Å²) in [5, 5.41) is 3.15. The number of amides is 1. The average Bonchev–Trinajstić information content (AvgIpc) is 3.45. The quantitative estimate of drug-likeness (QED) is 0.154. The third kappa shape index (κ3) is 6.42. The van der Waals surface area contributed by atoms with Gasteiger partial charge in [0.2, 0.25) is 0 Å². The number of alkyl halides is 2. The van der Waals surface area contributed by atoms with Crippen molar-refractivity contribution in [3.8, 4) is 0 Å². The summed E-state index contributed by atoms with van der Waals surface area (Å²) < 4.78 is 37.0. The van der Waals surface area contributed by atoms with Crippen LogP contribution >= 0.6 is 0 Å². The number of carbonyl (C=O) groups excluding carboxylic acids is 2. The van der Waals surface area contributed by atoms with E-state index >= 15 is 0 Å². The normalized spacial score (nSPS) is 21.4. The van der Waals surface area contributed by atoms with Crippen molar-refractivity contribution >= 4 is 41.7 Å². The van der Waals surface area contributed by atoms with Gasteiger partial charge in [-0.3, -0.25) is 24.2 Å². The highest BCUT2D eigenvalue weighted by atomic mass is 19.3. The topological polar surface area (TPSA) is 117 Å². The number of piperazine rings is 1. The molecule has 1 atom stereocenters. The Morgan fingerprint density at radius 1 is 1.16 bits per heavy atom. The lowest BCUT2D eigenvalue weighted by Crippen LogP contribution is -2.59. The maximum atomic E-state index is 14.3. The number of aryl methyl sites for hydroxylation is 2. The highest BCUT2D eigenvalue weighted by Gasteiger charge is 2.40. The van der Waals surface area contributed by atoms with Gasteiger partial charge in [-0.2, -0.15) is 0 Å². The van der Waals surface area contributed by atoms with Crippen molar-refractivity contribution in [2.75, 3.05) is 49.6 Å². The van der Waals surface area contributed by atoms with Crippen molar-refractivity contribution in [3.05, 3.63) is 87.0 Å². The van der Waals surface area contributed by atoms with Crippen molar-refractivity contribution in [1.29, 1.82) is 0 Å². The second kappa shape index (κ2) is 13.6. The predicted octanol–water partition coefficient (Wildman–Crippen LogP) is 4.03. The van der Waals surface area contributed by atoms with Gasteiger partial charge >= 0.3 is 0 Å². The molecule has 51 heavy (non-hydrogen) atoms. The number of nitrogens with one attached hydrogen (secondary N) is 1. The first kappa shape index (κ1) is 34.5. The fourth-order valence-electron chi connectivity index (χ4n) is 7.68. The Hall–Kier alpha value is -4.95. The van der Waals surface area contributed by atoms with Crippen LogP contribution in [0.3, 0.4) is 0 Å². The zero-order valence-corrected chi connectivity index (χ0v) is 29.1. The molecule has 7 rings (SSSR count). The van der Waals surface area contributed by atoms with Crippen LogP contribution in [-0.2, 0) is 36.0 Å². The first-order chi connectivity index (χ1) is 24.5. The Morgan fingerprint density at radius 2 is 1.96 bits per heavy atom. The second-order valence-corrected chi connectivity index (χ2v) is 13.7. The van der Waals surface area contributed by atoms with Crippen molar-refractivity contribution in [3.63, 3.8) is 0 Å². The van der Waals surface area contributed by atoms with Gasteiger partial charge in [0.05, 0.1) is 43.1 Å². The largest absolute Gasteiger partial charge is 0.378 e. The molecule has 1 N–H and O–H groups in total. The van der Waals surface area contributed by atoms with Crippen LogP contribution in [0, 0.1) is 0 Å². The number of allylic oxidation sites excluding steroid dienone is 3. The van der Waals surface area contributed by atoms with Gasteiger partial charge in [-0.05, 0) is 62.4 Å². The molecule has 14 heteroatoms. The summed E-state index contributed by atoms with van der Waals surface area (Å²) in [6.45, 7) is 12.4. The van der Waals surface area contributed by atoms with Gasteiger partial charge in [-0.25, -0.2) is 18.8 Å². The molecular formula is C37H42F2N8O4. The van der Waals surface area contributed by atoms with Gasteiger partial charge in [0.25, 0.3) is 17.4 Å². The van der Waals surface area contributed by atoms with Crippen LogP contribution in [0.4, 0.5) is 26.0 Å². The van der Waals surface area contributed by atoms with Gasteiger partial charge in [-0.1, -0.05) is 6.08 Å². The first-order valence-corrected chi connectivity index (χ1v) is 17.3. The summed E-state index contributed by atoms with van der Waals surface area (Å²) in [5.74, 6) is -2.73. The zero-order valence-electron chi connectivity index (χ0n) is 29.1. The van der Waals surface area contributed by atoms with Gasteiger partial charge in [0.15, 0.2) is 6.29 Å². The maximum Gasteiger partial charge on any atom is 0.276 e. The number of aromatic nitrogens is 3. The summed E-state index contributed by atoms with van der Waals surface area (Å²) >= 11 is 0. The predicted molar refractivity (Wildman–Crippen MR) is 191 cm³/mol. The second-order valence-electron chi connectivity index (χ2n) is 13.7.